The molecule has 3 aliphatic carbocycles. The van der Waals surface area contributed by atoms with E-state index in [4.69, 9.17) is 0 Å². The molecule has 0 aromatic heterocycles. The van der Waals surface area contributed by atoms with Gasteiger partial charge in [-0.1, -0.05) is 65.7 Å². The summed E-state index contributed by atoms with van der Waals surface area (Å²) in [5, 5.41) is 0. The summed E-state index contributed by atoms with van der Waals surface area (Å²) in [6.07, 6.45) is 13.6. The molecule has 0 aromatic rings. The highest BCUT2D eigenvalue weighted by molar-refractivity contribution is 5.35. The van der Waals surface area contributed by atoms with Crippen LogP contribution in [-0.2, 0) is 0 Å². The van der Waals surface area contributed by atoms with Crippen molar-refractivity contribution in [1.29, 1.82) is 0 Å². The van der Waals surface area contributed by atoms with E-state index in [-0.39, 0.29) is 0 Å². The third kappa shape index (κ3) is 2.33. The Balaban J connectivity index is 1.98. The molecular formula is C22H36. The van der Waals surface area contributed by atoms with Crippen molar-refractivity contribution < 1.29 is 0 Å². The second-order valence-corrected chi connectivity index (χ2v) is 9.48. The van der Waals surface area contributed by atoms with E-state index >= 15 is 0 Å². The molecule has 3 aliphatic rings. The topological polar surface area (TPSA) is 0 Å². The largest absolute Gasteiger partial charge is 0.0807 e. The molecule has 124 valence electrons. The van der Waals surface area contributed by atoms with Crippen LogP contribution in [0.4, 0.5) is 0 Å². The fourth-order valence-electron chi connectivity index (χ4n) is 6.08. The van der Waals surface area contributed by atoms with Crippen LogP contribution in [0.15, 0.2) is 23.3 Å². The fourth-order valence-corrected chi connectivity index (χ4v) is 6.08. The van der Waals surface area contributed by atoms with Crippen LogP contribution in [0.5, 0.6) is 0 Å². The van der Waals surface area contributed by atoms with Crippen LogP contribution in [0, 0.1) is 34.5 Å². The molecule has 22 heavy (non-hydrogen) atoms. The molecule has 0 heteroatoms. The molecule has 0 aliphatic heterocycles. The van der Waals surface area contributed by atoms with E-state index in [0.717, 1.165) is 23.7 Å². The molecule has 3 rings (SSSR count). The van der Waals surface area contributed by atoms with Crippen molar-refractivity contribution in [1.82, 2.24) is 0 Å². The van der Waals surface area contributed by atoms with Gasteiger partial charge in [0.25, 0.3) is 0 Å². The van der Waals surface area contributed by atoms with Gasteiger partial charge in [-0.3, -0.25) is 0 Å². The van der Waals surface area contributed by atoms with Crippen molar-refractivity contribution in [2.24, 2.45) is 34.5 Å². The second kappa shape index (κ2) is 5.53. The van der Waals surface area contributed by atoms with E-state index in [1.807, 2.05) is 0 Å². The lowest BCUT2D eigenvalue weighted by Crippen LogP contribution is -2.51. The van der Waals surface area contributed by atoms with Crippen LogP contribution in [0.3, 0.4) is 0 Å². The summed E-state index contributed by atoms with van der Waals surface area (Å²) in [6, 6.07) is 0. The van der Waals surface area contributed by atoms with Crippen molar-refractivity contribution in [3.63, 3.8) is 0 Å². The van der Waals surface area contributed by atoms with Crippen molar-refractivity contribution in [3.8, 4) is 0 Å². The molecule has 4 atom stereocenters. The van der Waals surface area contributed by atoms with E-state index in [2.05, 4.69) is 53.7 Å². The molecule has 1 fully saturated rings. The first-order valence-corrected chi connectivity index (χ1v) is 9.69. The zero-order chi connectivity index (χ0) is 16.1. The van der Waals surface area contributed by atoms with Gasteiger partial charge in [0.15, 0.2) is 0 Å². The van der Waals surface area contributed by atoms with E-state index in [1.165, 1.54) is 38.5 Å². The molecular weight excluding hydrogens is 264 g/mol. The van der Waals surface area contributed by atoms with Crippen LogP contribution in [0.25, 0.3) is 0 Å². The second-order valence-electron chi connectivity index (χ2n) is 9.48. The van der Waals surface area contributed by atoms with Gasteiger partial charge in [0, 0.05) is 0 Å². The Bertz CT molecular complexity index is 492. The number of rotatable bonds is 2. The van der Waals surface area contributed by atoms with E-state index in [1.54, 1.807) is 11.1 Å². The molecule has 0 spiro atoms. The van der Waals surface area contributed by atoms with Gasteiger partial charge < -0.3 is 0 Å². The van der Waals surface area contributed by atoms with Gasteiger partial charge in [0.05, 0.1) is 0 Å². The van der Waals surface area contributed by atoms with Crippen LogP contribution >= 0.6 is 0 Å². The number of hydrogen-bond acceptors (Lipinski definition) is 0. The predicted molar refractivity (Wildman–Crippen MR) is 96.7 cm³/mol. The average molecular weight is 301 g/mol. The predicted octanol–water partition coefficient (Wildman–Crippen LogP) is 6.78. The summed E-state index contributed by atoms with van der Waals surface area (Å²) in [5.41, 5.74) is 4.46. The third-order valence-electron chi connectivity index (χ3n) is 7.94. The Morgan fingerprint density at radius 3 is 2.45 bits per heavy atom. The highest BCUT2D eigenvalue weighted by Gasteiger charge is 2.54. The Labute approximate surface area is 138 Å². The summed E-state index contributed by atoms with van der Waals surface area (Å²) in [5.74, 6) is 3.24. The zero-order valence-corrected chi connectivity index (χ0v) is 15.7. The number of allylic oxidation sites excluding steroid dienone is 4. The Kier molecular flexibility index (Phi) is 4.11. The Hall–Kier alpha value is -0.520. The van der Waals surface area contributed by atoms with E-state index in [9.17, 15) is 0 Å². The molecule has 0 saturated heterocycles. The smallest absolute Gasteiger partial charge is 0.0105 e. The van der Waals surface area contributed by atoms with Gasteiger partial charge in [-0.15, -0.1) is 0 Å². The van der Waals surface area contributed by atoms with Crippen molar-refractivity contribution in [2.75, 3.05) is 0 Å². The average Bonchev–Trinajstić information content (AvgIpc) is 2.46. The SMILES string of the molecule is CC(C)C1=CC2=CC[C@@H]3[C@](C)(CCC[C@@]3(C)C(C)C)[C@H]2CC1. The first-order valence-electron chi connectivity index (χ1n) is 9.69. The molecule has 1 saturated carbocycles. The fraction of sp³-hybridized carbons (Fsp3) is 0.818. The zero-order valence-electron chi connectivity index (χ0n) is 15.7. The monoisotopic (exact) mass is 300 g/mol. The Morgan fingerprint density at radius 1 is 1.09 bits per heavy atom. The van der Waals surface area contributed by atoms with Crippen molar-refractivity contribution in [2.45, 2.75) is 80.1 Å². The lowest BCUT2D eigenvalue weighted by molar-refractivity contribution is -0.0725. The van der Waals surface area contributed by atoms with Crippen molar-refractivity contribution >= 4 is 0 Å². The maximum absolute atomic E-state index is 2.64. The summed E-state index contributed by atoms with van der Waals surface area (Å²) in [6.45, 7) is 14.9. The minimum Gasteiger partial charge on any atom is -0.0807 e. The van der Waals surface area contributed by atoms with Crippen LogP contribution in [-0.4, -0.2) is 0 Å². The summed E-state index contributed by atoms with van der Waals surface area (Å²) in [7, 11) is 0. The summed E-state index contributed by atoms with van der Waals surface area (Å²) in [4.78, 5) is 0. The first kappa shape index (κ1) is 16.3. The molecule has 0 amide bonds. The minimum absolute atomic E-state index is 0.539. The van der Waals surface area contributed by atoms with E-state index < -0.39 is 0 Å². The summed E-state index contributed by atoms with van der Waals surface area (Å²) < 4.78 is 0. The molecule has 0 heterocycles. The standard InChI is InChI=1S/C22H36/c1-15(2)17-8-10-19-18(14-17)9-11-20-21(5,16(3)4)12-7-13-22(19,20)6/h9,14-16,19-20H,7-8,10-13H2,1-6H3/t19-,20-,21-,22+/m0/s1. The lowest BCUT2D eigenvalue weighted by atomic mass is 9.45. The van der Waals surface area contributed by atoms with Crippen LogP contribution < -0.4 is 0 Å². The molecule has 0 nitrogen and oxygen atoms in total. The minimum atomic E-state index is 0.539. The van der Waals surface area contributed by atoms with Crippen molar-refractivity contribution in [3.05, 3.63) is 23.3 Å². The molecule has 0 radical (unpaired) electrons. The highest BCUT2D eigenvalue weighted by atomic mass is 14.6. The Morgan fingerprint density at radius 2 is 1.82 bits per heavy atom. The third-order valence-corrected chi connectivity index (χ3v) is 7.94. The summed E-state index contributed by atoms with van der Waals surface area (Å²) >= 11 is 0. The van der Waals surface area contributed by atoms with Gasteiger partial charge in [-0.2, -0.15) is 0 Å². The lowest BCUT2D eigenvalue weighted by Gasteiger charge is -2.60. The maximum Gasteiger partial charge on any atom is -0.0105 e. The first-order chi connectivity index (χ1) is 10.3. The van der Waals surface area contributed by atoms with E-state index in [0.29, 0.717) is 10.8 Å². The maximum atomic E-state index is 2.64. The number of hydrogen-bond donors (Lipinski definition) is 0. The van der Waals surface area contributed by atoms with Gasteiger partial charge in [0.2, 0.25) is 0 Å². The van der Waals surface area contributed by atoms with Gasteiger partial charge in [-0.25, -0.2) is 0 Å². The quantitative estimate of drug-likeness (QED) is 0.527. The van der Waals surface area contributed by atoms with Gasteiger partial charge >= 0.3 is 0 Å². The van der Waals surface area contributed by atoms with Crippen LogP contribution in [0.2, 0.25) is 0 Å². The van der Waals surface area contributed by atoms with Gasteiger partial charge in [0.1, 0.15) is 0 Å². The molecule has 0 aromatic carbocycles. The molecule has 0 bridgehead atoms. The highest BCUT2D eigenvalue weighted by Crippen LogP contribution is 2.63. The van der Waals surface area contributed by atoms with Gasteiger partial charge in [-0.05, 0) is 72.2 Å². The van der Waals surface area contributed by atoms with Crippen LogP contribution in [0.1, 0.15) is 80.1 Å². The normalized spacial score (nSPS) is 41.8. The molecule has 0 N–H and O–H groups in total. The number of fused-ring (bicyclic) bond motifs is 3. The molecule has 0 unspecified atom stereocenters.